The molecule has 0 aliphatic heterocycles. The lowest BCUT2D eigenvalue weighted by Gasteiger charge is -2.10. The lowest BCUT2D eigenvalue weighted by Crippen LogP contribution is -2.16. The first-order valence-electron chi connectivity index (χ1n) is 6.17. The summed E-state index contributed by atoms with van der Waals surface area (Å²) in [6, 6.07) is 4.98. The van der Waals surface area contributed by atoms with E-state index in [9.17, 15) is 18.0 Å². The van der Waals surface area contributed by atoms with Gasteiger partial charge < -0.3 is 10.1 Å². The summed E-state index contributed by atoms with van der Waals surface area (Å²) in [5.74, 6) is -0.184. The van der Waals surface area contributed by atoms with E-state index in [1.54, 1.807) is 12.1 Å². The van der Waals surface area contributed by atoms with Crippen LogP contribution in [-0.2, 0) is 6.18 Å². The Kier molecular flexibility index (Phi) is 4.30. The molecule has 0 spiro atoms. The van der Waals surface area contributed by atoms with E-state index in [-0.39, 0.29) is 11.3 Å². The molecule has 1 N–H and O–H groups in total. The van der Waals surface area contributed by atoms with Crippen molar-refractivity contribution in [3.8, 4) is 5.88 Å². The van der Waals surface area contributed by atoms with E-state index < -0.39 is 17.8 Å². The fraction of sp³-hybridized carbons (Fsp3) is 0.214. The number of aryl methyl sites for hydroxylation is 1. The maximum atomic E-state index is 12.5. The fourth-order valence-corrected chi connectivity index (χ4v) is 1.73. The Hall–Kier alpha value is -2.64. The molecule has 0 aliphatic carbocycles. The van der Waals surface area contributed by atoms with E-state index in [2.05, 4.69) is 15.3 Å². The molecule has 5 nitrogen and oxygen atoms in total. The second-order valence-corrected chi connectivity index (χ2v) is 4.37. The third kappa shape index (κ3) is 3.51. The number of rotatable bonds is 3. The number of methoxy groups -OCH3 is 1. The van der Waals surface area contributed by atoms with E-state index in [0.717, 1.165) is 12.1 Å². The summed E-state index contributed by atoms with van der Waals surface area (Å²) in [6.45, 7) is 1.34. The Balaban J connectivity index is 2.18. The molecule has 0 bridgehead atoms. The fourth-order valence-electron chi connectivity index (χ4n) is 1.73. The number of nitrogens with zero attached hydrogens (tertiary/aromatic N) is 2. The Bertz CT molecular complexity index is 685. The standard InChI is InChI=1S/C14H12F3N3O2/c1-8-10(4-5-11(19-8)14(15,16)17)13(21)20-9-3-6-12(22-2)18-7-9/h3-7H,1-2H3,(H,20,21). The Labute approximate surface area is 124 Å². The molecule has 0 saturated carbocycles. The third-order valence-corrected chi connectivity index (χ3v) is 2.82. The van der Waals surface area contributed by atoms with Crippen LogP contribution >= 0.6 is 0 Å². The monoisotopic (exact) mass is 311 g/mol. The van der Waals surface area contributed by atoms with Gasteiger partial charge in [0.25, 0.3) is 5.91 Å². The van der Waals surface area contributed by atoms with Crippen LogP contribution in [0.1, 0.15) is 21.7 Å². The van der Waals surface area contributed by atoms with Crippen molar-refractivity contribution in [2.75, 3.05) is 12.4 Å². The molecule has 116 valence electrons. The minimum atomic E-state index is -4.54. The van der Waals surface area contributed by atoms with Crippen LogP contribution in [0.3, 0.4) is 0 Å². The quantitative estimate of drug-likeness (QED) is 0.946. The van der Waals surface area contributed by atoms with E-state index in [0.29, 0.717) is 11.6 Å². The number of pyridine rings is 2. The molecule has 0 aliphatic rings. The van der Waals surface area contributed by atoms with Gasteiger partial charge in [-0.1, -0.05) is 0 Å². The van der Waals surface area contributed by atoms with E-state index >= 15 is 0 Å². The number of nitrogens with one attached hydrogen (secondary N) is 1. The van der Waals surface area contributed by atoms with Gasteiger partial charge in [0.2, 0.25) is 5.88 Å². The van der Waals surface area contributed by atoms with Crippen LogP contribution in [0.15, 0.2) is 30.5 Å². The molecule has 0 aromatic carbocycles. The molecular weight excluding hydrogens is 299 g/mol. The average Bonchev–Trinajstić information content (AvgIpc) is 2.46. The minimum absolute atomic E-state index is 0.00574. The molecule has 2 aromatic rings. The highest BCUT2D eigenvalue weighted by molar-refractivity contribution is 6.04. The van der Waals surface area contributed by atoms with Crippen LogP contribution in [-0.4, -0.2) is 23.0 Å². The van der Waals surface area contributed by atoms with Crippen molar-refractivity contribution in [1.29, 1.82) is 0 Å². The number of carbonyl (C=O) groups is 1. The number of hydrogen-bond donors (Lipinski definition) is 1. The number of halogens is 3. The summed E-state index contributed by atoms with van der Waals surface area (Å²) in [6.07, 6.45) is -3.16. The zero-order valence-corrected chi connectivity index (χ0v) is 11.7. The molecule has 8 heteroatoms. The van der Waals surface area contributed by atoms with Crippen molar-refractivity contribution in [2.45, 2.75) is 13.1 Å². The highest BCUT2D eigenvalue weighted by Gasteiger charge is 2.33. The Morgan fingerprint density at radius 2 is 1.95 bits per heavy atom. The van der Waals surface area contributed by atoms with Crippen molar-refractivity contribution in [3.63, 3.8) is 0 Å². The normalized spacial score (nSPS) is 11.1. The largest absolute Gasteiger partial charge is 0.481 e. The van der Waals surface area contributed by atoms with Crippen molar-refractivity contribution in [3.05, 3.63) is 47.4 Å². The lowest BCUT2D eigenvalue weighted by atomic mass is 10.1. The number of anilines is 1. The van der Waals surface area contributed by atoms with Crippen LogP contribution in [0.4, 0.5) is 18.9 Å². The molecule has 0 radical (unpaired) electrons. The summed E-state index contributed by atoms with van der Waals surface area (Å²) < 4.78 is 42.5. The second kappa shape index (κ2) is 6.00. The molecule has 2 heterocycles. The van der Waals surface area contributed by atoms with Gasteiger partial charge in [0.15, 0.2) is 0 Å². The van der Waals surface area contributed by atoms with E-state index in [4.69, 9.17) is 4.74 Å². The molecule has 2 aromatic heterocycles. The van der Waals surface area contributed by atoms with Crippen molar-refractivity contribution < 1.29 is 22.7 Å². The van der Waals surface area contributed by atoms with Crippen LogP contribution in [0.25, 0.3) is 0 Å². The molecular formula is C14H12F3N3O2. The summed E-state index contributed by atoms with van der Waals surface area (Å²) >= 11 is 0. The van der Waals surface area contributed by atoms with Gasteiger partial charge in [0, 0.05) is 6.07 Å². The number of amides is 1. The highest BCUT2D eigenvalue weighted by Crippen LogP contribution is 2.28. The molecule has 2 rings (SSSR count). The predicted molar refractivity (Wildman–Crippen MR) is 72.7 cm³/mol. The number of hydrogen-bond acceptors (Lipinski definition) is 4. The predicted octanol–water partition coefficient (Wildman–Crippen LogP) is 3.06. The van der Waals surface area contributed by atoms with Gasteiger partial charge in [-0.3, -0.25) is 4.79 Å². The summed E-state index contributed by atoms with van der Waals surface area (Å²) in [4.78, 5) is 19.4. The first-order valence-corrected chi connectivity index (χ1v) is 6.17. The SMILES string of the molecule is COc1ccc(NC(=O)c2ccc(C(F)(F)F)nc2C)cn1. The first-order chi connectivity index (χ1) is 10.3. The summed E-state index contributed by atoms with van der Waals surface area (Å²) in [7, 11) is 1.46. The Morgan fingerprint density at radius 3 is 2.45 bits per heavy atom. The van der Waals surface area contributed by atoms with Crippen molar-refractivity contribution in [1.82, 2.24) is 9.97 Å². The summed E-state index contributed by atoms with van der Waals surface area (Å²) in [5.41, 5.74) is -0.588. The third-order valence-electron chi connectivity index (χ3n) is 2.82. The Morgan fingerprint density at radius 1 is 1.23 bits per heavy atom. The van der Waals surface area contributed by atoms with Gasteiger partial charge >= 0.3 is 6.18 Å². The van der Waals surface area contributed by atoms with Crippen LogP contribution < -0.4 is 10.1 Å². The molecule has 0 saturated heterocycles. The zero-order valence-electron chi connectivity index (χ0n) is 11.7. The number of aromatic nitrogens is 2. The summed E-state index contributed by atoms with van der Waals surface area (Å²) in [5, 5.41) is 2.53. The number of ether oxygens (including phenoxy) is 1. The molecule has 0 unspecified atom stereocenters. The molecule has 1 amide bonds. The van der Waals surface area contributed by atoms with Gasteiger partial charge in [-0.25, -0.2) is 9.97 Å². The second-order valence-electron chi connectivity index (χ2n) is 4.37. The van der Waals surface area contributed by atoms with Gasteiger partial charge in [-0.05, 0) is 25.1 Å². The van der Waals surface area contributed by atoms with Gasteiger partial charge in [0.05, 0.1) is 30.3 Å². The topological polar surface area (TPSA) is 64.1 Å². The first kappa shape index (κ1) is 15.7. The zero-order chi connectivity index (χ0) is 16.3. The highest BCUT2D eigenvalue weighted by atomic mass is 19.4. The van der Waals surface area contributed by atoms with Gasteiger partial charge in [-0.2, -0.15) is 13.2 Å². The van der Waals surface area contributed by atoms with E-state index in [1.807, 2.05) is 0 Å². The smallest absolute Gasteiger partial charge is 0.433 e. The molecule has 22 heavy (non-hydrogen) atoms. The van der Waals surface area contributed by atoms with Crippen molar-refractivity contribution in [2.24, 2.45) is 0 Å². The van der Waals surface area contributed by atoms with Gasteiger partial charge in [-0.15, -0.1) is 0 Å². The maximum absolute atomic E-state index is 12.5. The lowest BCUT2D eigenvalue weighted by molar-refractivity contribution is -0.141. The molecule has 0 fully saturated rings. The van der Waals surface area contributed by atoms with Crippen LogP contribution in [0.5, 0.6) is 5.88 Å². The maximum Gasteiger partial charge on any atom is 0.433 e. The number of carbonyl (C=O) groups excluding carboxylic acids is 1. The van der Waals surface area contributed by atoms with Crippen LogP contribution in [0.2, 0.25) is 0 Å². The van der Waals surface area contributed by atoms with Gasteiger partial charge in [0.1, 0.15) is 5.69 Å². The van der Waals surface area contributed by atoms with Crippen LogP contribution in [0, 0.1) is 6.92 Å². The van der Waals surface area contributed by atoms with Crippen molar-refractivity contribution >= 4 is 11.6 Å². The molecule has 0 atom stereocenters. The minimum Gasteiger partial charge on any atom is -0.481 e. The number of alkyl halides is 3. The average molecular weight is 311 g/mol. The van der Waals surface area contributed by atoms with E-state index in [1.165, 1.54) is 20.2 Å².